The number of rotatable bonds is 3. The predicted molar refractivity (Wildman–Crippen MR) is 95.1 cm³/mol. The number of carbonyl (C=O) groups excluding carboxylic acids is 3. The molecule has 2 N–H and O–H groups in total. The smallest absolute Gasteiger partial charge is 0.230 e. The van der Waals surface area contributed by atoms with E-state index in [0.29, 0.717) is 5.13 Å². The molecule has 2 aromatic heterocycles. The summed E-state index contributed by atoms with van der Waals surface area (Å²) < 4.78 is 0. The SMILES string of the molecule is O=C1CC(C(=O)Nc2ncc(-c3ccc4nnccc4c3)s2)CC(=O)N1. The quantitative estimate of drug-likeness (QED) is 0.682. The minimum Gasteiger partial charge on any atom is -0.302 e. The standard InChI is InChI=1S/C17H13N5O3S/c23-14-6-11(7-15(24)20-14)16(25)21-17-18-8-13(26-17)10-1-2-12-9(5-10)3-4-19-22-12/h1-5,8,11H,6-7H2,(H,18,21,25)(H,20,23,24). The van der Waals surface area contributed by atoms with E-state index in [9.17, 15) is 14.4 Å². The van der Waals surface area contributed by atoms with Crippen LogP contribution < -0.4 is 10.6 Å². The maximum absolute atomic E-state index is 12.3. The molecule has 1 saturated heterocycles. The first kappa shape index (κ1) is 16.3. The molecule has 1 fully saturated rings. The molecule has 9 heteroatoms. The largest absolute Gasteiger partial charge is 0.302 e. The van der Waals surface area contributed by atoms with Crippen molar-refractivity contribution in [2.24, 2.45) is 5.92 Å². The van der Waals surface area contributed by atoms with Crippen molar-refractivity contribution in [3.8, 4) is 10.4 Å². The Bertz CT molecular complexity index is 1020. The van der Waals surface area contributed by atoms with Crippen molar-refractivity contribution in [1.82, 2.24) is 20.5 Å². The van der Waals surface area contributed by atoms with Gasteiger partial charge in [-0.25, -0.2) is 4.98 Å². The number of piperidine rings is 1. The molecule has 3 heterocycles. The molecule has 1 aliphatic rings. The van der Waals surface area contributed by atoms with Crippen molar-refractivity contribution in [3.05, 3.63) is 36.7 Å². The second kappa shape index (κ2) is 6.60. The van der Waals surface area contributed by atoms with Crippen LogP contribution in [0.4, 0.5) is 5.13 Å². The van der Waals surface area contributed by atoms with E-state index in [1.54, 1.807) is 12.4 Å². The highest BCUT2D eigenvalue weighted by Crippen LogP contribution is 2.31. The van der Waals surface area contributed by atoms with Crippen LogP contribution in [-0.2, 0) is 14.4 Å². The van der Waals surface area contributed by atoms with Crippen LogP contribution in [0.1, 0.15) is 12.8 Å². The highest BCUT2D eigenvalue weighted by Gasteiger charge is 2.30. The van der Waals surface area contributed by atoms with Gasteiger partial charge in [0.25, 0.3) is 0 Å². The number of anilines is 1. The van der Waals surface area contributed by atoms with E-state index in [-0.39, 0.29) is 18.7 Å². The third kappa shape index (κ3) is 3.29. The Kier molecular flexibility index (Phi) is 4.13. The van der Waals surface area contributed by atoms with E-state index in [4.69, 9.17) is 0 Å². The Balaban J connectivity index is 1.51. The summed E-state index contributed by atoms with van der Waals surface area (Å²) in [5.74, 6) is -1.90. The zero-order valence-corrected chi connectivity index (χ0v) is 14.2. The second-order valence-electron chi connectivity index (χ2n) is 5.90. The number of carbonyl (C=O) groups is 3. The third-order valence-corrected chi connectivity index (χ3v) is 5.01. The van der Waals surface area contributed by atoms with Gasteiger partial charge in [0.2, 0.25) is 17.7 Å². The number of aromatic nitrogens is 3. The van der Waals surface area contributed by atoms with Gasteiger partial charge in [-0.2, -0.15) is 10.2 Å². The third-order valence-electron chi connectivity index (χ3n) is 4.05. The number of imide groups is 1. The average Bonchev–Trinajstić information content (AvgIpc) is 3.09. The van der Waals surface area contributed by atoms with E-state index < -0.39 is 17.7 Å². The van der Waals surface area contributed by atoms with Crippen molar-refractivity contribution in [2.45, 2.75) is 12.8 Å². The van der Waals surface area contributed by atoms with Crippen LogP contribution in [0.5, 0.6) is 0 Å². The number of amides is 3. The molecule has 0 atom stereocenters. The fourth-order valence-electron chi connectivity index (χ4n) is 2.78. The average molecular weight is 367 g/mol. The summed E-state index contributed by atoms with van der Waals surface area (Å²) in [5, 5.41) is 14.2. The number of fused-ring (bicyclic) bond motifs is 1. The van der Waals surface area contributed by atoms with E-state index >= 15 is 0 Å². The minimum atomic E-state index is -0.664. The lowest BCUT2D eigenvalue weighted by atomic mass is 9.96. The second-order valence-corrected chi connectivity index (χ2v) is 6.93. The summed E-state index contributed by atoms with van der Waals surface area (Å²) in [6.45, 7) is 0. The normalized spacial score (nSPS) is 15.1. The van der Waals surface area contributed by atoms with Gasteiger partial charge in [0.05, 0.1) is 22.5 Å². The molecule has 26 heavy (non-hydrogen) atoms. The number of benzene rings is 1. The maximum Gasteiger partial charge on any atom is 0.230 e. The van der Waals surface area contributed by atoms with Gasteiger partial charge in [0.15, 0.2) is 5.13 Å². The Labute approximate surface area is 151 Å². The van der Waals surface area contributed by atoms with Gasteiger partial charge in [0, 0.05) is 24.4 Å². The summed E-state index contributed by atoms with van der Waals surface area (Å²) in [5.41, 5.74) is 1.75. The van der Waals surface area contributed by atoms with Crippen molar-refractivity contribution in [2.75, 3.05) is 5.32 Å². The molecule has 0 aliphatic carbocycles. The summed E-state index contributed by atoms with van der Waals surface area (Å²) in [7, 11) is 0. The van der Waals surface area contributed by atoms with E-state index in [2.05, 4.69) is 25.8 Å². The molecule has 0 spiro atoms. The lowest BCUT2D eigenvalue weighted by Crippen LogP contribution is -2.42. The van der Waals surface area contributed by atoms with Crippen molar-refractivity contribution >= 4 is 45.1 Å². The van der Waals surface area contributed by atoms with Gasteiger partial charge < -0.3 is 5.32 Å². The molecule has 0 saturated carbocycles. The van der Waals surface area contributed by atoms with E-state index in [1.165, 1.54) is 11.3 Å². The van der Waals surface area contributed by atoms with Crippen molar-refractivity contribution in [3.63, 3.8) is 0 Å². The number of hydrogen-bond acceptors (Lipinski definition) is 7. The molecule has 8 nitrogen and oxygen atoms in total. The van der Waals surface area contributed by atoms with Crippen LogP contribution in [0.25, 0.3) is 21.3 Å². The topological polar surface area (TPSA) is 114 Å². The van der Waals surface area contributed by atoms with Gasteiger partial charge >= 0.3 is 0 Å². The molecule has 0 bridgehead atoms. The van der Waals surface area contributed by atoms with Crippen LogP contribution in [0.15, 0.2) is 36.7 Å². The molecule has 1 aliphatic heterocycles. The first-order valence-corrected chi connectivity index (χ1v) is 8.71. The fraction of sp³-hybridized carbons (Fsp3) is 0.176. The van der Waals surface area contributed by atoms with Crippen molar-refractivity contribution in [1.29, 1.82) is 0 Å². The lowest BCUT2D eigenvalue weighted by molar-refractivity contribution is -0.138. The zero-order valence-electron chi connectivity index (χ0n) is 13.4. The first-order valence-electron chi connectivity index (χ1n) is 7.90. The molecule has 3 aromatic rings. The molecule has 0 radical (unpaired) electrons. The molecule has 1 aromatic carbocycles. The number of nitrogens with one attached hydrogen (secondary N) is 2. The van der Waals surface area contributed by atoms with Gasteiger partial charge in [-0.3, -0.25) is 19.7 Å². The fourth-order valence-corrected chi connectivity index (χ4v) is 3.59. The minimum absolute atomic E-state index is 0.00150. The lowest BCUT2D eigenvalue weighted by Gasteiger charge is -2.19. The molecular formula is C17H13N5O3S. The summed E-state index contributed by atoms with van der Waals surface area (Å²) >= 11 is 1.32. The van der Waals surface area contributed by atoms with Gasteiger partial charge in [-0.05, 0) is 23.8 Å². The van der Waals surface area contributed by atoms with E-state index in [0.717, 1.165) is 21.3 Å². The Hall–Kier alpha value is -3.20. The Morgan fingerprint density at radius 3 is 2.81 bits per heavy atom. The summed E-state index contributed by atoms with van der Waals surface area (Å²) in [6, 6.07) is 7.65. The number of thiazole rings is 1. The molecule has 4 rings (SSSR count). The van der Waals surface area contributed by atoms with E-state index in [1.807, 2.05) is 24.3 Å². The highest BCUT2D eigenvalue weighted by atomic mass is 32.1. The Morgan fingerprint density at radius 1 is 1.19 bits per heavy atom. The summed E-state index contributed by atoms with van der Waals surface area (Å²) in [4.78, 5) is 40.2. The zero-order chi connectivity index (χ0) is 18.1. The molecular weight excluding hydrogens is 354 g/mol. The van der Waals surface area contributed by atoms with Gasteiger partial charge in [-0.1, -0.05) is 17.4 Å². The molecule has 0 unspecified atom stereocenters. The first-order chi connectivity index (χ1) is 12.6. The molecule has 130 valence electrons. The van der Waals surface area contributed by atoms with Gasteiger partial charge in [0.1, 0.15) is 0 Å². The van der Waals surface area contributed by atoms with Crippen LogP contribution in [-0.4, -0.2) is 32.9 Å². The summed E-state index contributed by atoms with van der Waals surface area (Å²) in [6.07, 6.45) is 3.31. The van der Waals surface area contributed by atoms with Gasteiger partial charge in [-0.15, -0.1) is 0 Å². The highest BCUT2D eigenvalue weighted by molar-refractivity contribution is 7.19. The van der Waals surface area contributed by atoms with Crippen molar-refractivity contribution < 1.29 is 14.4 Å². The van der Waals surface area contributed by atoms with Crippen LogP contribution in [0.3, 0.4) is 0 Å². The maximum atomic E-state index is 12.3. The van der Waals surface area contributed by atoms with Crippen LogP contribution in [0.2, 0.25) is 0 Å². The monoisotopic (exact) mass is 367 g/mol. The Morgan fingerprint density at radius 2 is 2.00 bits per heavy atom. The van der Waals surface area contributed by atoms with Crippen LogP contribution >= 0.6 is 11.3 Å². The number of hydrogen-bond donors (Lipinski definition) is 2. The molecule has 3 amide bonds. The van der Waals surface area contributed by atoms with Crippen LogP contribution in [0, 0.1) is 5.92 Å². The predicted octanol–water partition coefficient (Wildman–Crippen LogP) is 1.74. The number of nitrogens with zero attached hydrogens (tertiary/aromatic N) is 3.